The quantitative estimate of drug-likeness (QED) is 0.676. The Labute approximate surface area is 115 Å². The molecule has 1 N–H and O–H groups in total. The molecule has 1 aromatic rings. The number of hydrogen-bond donors (Lipinski definition) is 1. The standard InChI is InChI=1S/C12H14ClN3O3/c1-14-9-4-5-15(7-9)12(17)10-6-8(13)2-3-11(10)16(18)19/h2-3,6,9,14H,4-5,7H2,1H3. The lowest BCUT2D eigenvalue weighted by atomic mass is 10.1. The number of nitrogens with one attached hydrogen (secondary N) is 1. The molecule has 1 heterocycles. The largest absolute Gasteiger partial charge is 0.337 e. The fourth-order valence-electron chi connectivity index (χ4n) is 2.19. The van der Waals surface area contributed by atoms with Crippen LogP contribution in [0.15, 0.2) is 18.2 Å². The van der Waals surface area contributed by atoms with Crippen molar-refractivity contribution in [2.45, 2.75) is 12.5 Å². The minimum Gasteiger partial charge on any atom is -0.337 e. The van der Waals surface area contributed by atoms with E-state index in [2.05, 4.69) is 5.32 Å². The van der Waals surface area contributed by atoms with Crippen molar-refractivity contribution in [2.75, 3.05) is 20.1 Å². The van der Waals surface area contributed by atoms with Gasteiger partial charge < -0.3 is 10.2 Å². The van der Waals surface area contributed by atoms with Gasteiger partial charge >= 0.3 is 0 Å². The maximum Gasteiger partial charge on any atom is 0.282 e. The second-order valence-electron chi connectivity index (χ2n) is 4.44. The molecule has 19 heavy (non-hydrogen) atoms. The van der Waals surface area contributed by atoms with E-state index in [1.807, 2.05) is 7.05 Å². The Hall–Kier alpha value is -1.66. The van der Waals surface area contributed by atoms with E-state index in [9.17, 15) is 14.9 Å². The minimum atomic E-state index is -0.560. The summed E-state index contributed by atoms with van der Waals surface area (Å²) in [5.74, 6) is -0.341. The highest BCUT2D eigenvalue weighted by Gasteiger charge is 2.30. The summed E-state index contributed by atoms with van der Waals surface area (Å²) >= 11 is 5.82. The van der Waals surface area contributed by atoms with Crippen LogP contribution in [0.4, 0.5) is 5.69 Å². The number of benzene rings is 1. The molecule has 1 atom stereocenters. The van der Waals surface area contributed by atoms with Gasteiger partial charge in [0.15, 0.2) is 0 Å². The number of amides is 1. The van der Waals surface area contributed by atoms with Crippen LogP contribution in [0.25, 0.3) is 0 Å². The first kappa shape index (κ1) is 13.8. The number of hydrogen-bond acceptors (Lipinski definition) is 4. The number of rotatable bonds is 3. The van der Waals surface area contributed by atoms with Crippen LogP contribution >= 0.6 is 11.6 Å². The first-order valence-electron chi connectivity index (χ1n) is 5.93. The van der Waals surface area contributed by atoms with Crippen molar-refractivity contribution < 1.29 is 9.72 Å². The number of carbonyl (C=O) groups excluding carboxylic acids is 1. The maximum atomic E-state index is 12.3. The third-order valence-corrected chi connectivity index (χ3v) is 3.50. The number of halogens is 1. The molecule has 1 saturated heterocycles. The lowest BCUT2D eigenvalue weighted by Gasteiger charge is -2.16. The molecule has 0 bridgehead atoms. The molecule has 0 aromatic heterocycles. The number of nitro groups is 1. The van der Waals surface area contributed by atoms with Crippen molar-refractivity contribution >= 4 is 23.2 Å². The molecule has 0 aliphatic carbocycles. The predicted molar refractivity (Wildman–Crippen MR) is 71.5 cm³/mol. The van der Waals surface area contributed by atoms with E-state index in [0.717, 1.165) is 6.42 Å². The molecule has 102 valence electrons. The summed E-state index contributed by atoms with van der Waals surface area (Å²) < 4.78 is 0. The summed E-state index contributed by atoms with van der Waals surface area (Å²) in [6, 6.07) is 4.27. The molecule has 0 spiro atoms. The summed E-state index contributed by atoms with van der Waals surface area (Å²) in [6.45, 7) is 1.15. The van der Waals surface area contributed by atoms with Gasteiger partial charge in [-0.15, -0.1) is 0 Å². The highest BCUT2D eigenvalue weighted by Crippen LogP contribution is 2.25. The van der Waals surface area contributed by atoms with Crippen molar-refractivity contribution in [2.24, 2.45) is 0 Å². The third kappa shape index (κ3) is 2.85. The molecule has 1 unspecified atom stereocenters. The van der Waals surface area contributed by atoms with Crippen LogP contribution in [0.5, 0.6) is 0 Å². The van der Waals surface area contributed by atoms with Crippen molar-refractivity contribution in [3.05, 3.63) is 38.9 Å². The van der Waals surface area contributed by atoms with Crippen molar-refractivity contribution in [3.63, 3.8) is 0 Å². The number of nitrogens with zero attached hydrogens (tertiary/aromatic N) is 2. The molecule has 0 saturated carbocycles. The predicted octanol–water partition coefficient (Wildman–Crippen LogP) is 1.68. The molecule has 6 nitrogen and oxygen atoms in total. The van der Waals surface area contributed by atoms with Crippen molar-refractivity contribution in [1.29, 1.82) is 0 Å². The summed E-state index contributed by atoms with van der Waals surface area (Å²) in [5.41, 5.74) is -0.156. The molecule has 1 aliphatic rings. The second kappa shape index (κ2) is 5.54. The van der Waals surface area contributed by atoms with Crippen molar-refractivity contribution in [3.8, 4) is 0 Å². The molecular formula is C12H14ClN3O3. The fourth-order valence-corrected chi connectivity index (χ4v) is 2.36. The Morgan fingerprint density at radius 3 is 2.89 bits per heavy atom. The van der Waals surface area contributed by atoms with E-state index in [-0.39, 0.29) is 23.2 Å². The van der Waals surface area contributed by atoms with Gasteiger partial charge in [-0.3, -0.25) is 14.9 Å². The Morgan fingerprint density at radius 2 is 2.32 bits per heavy atom. The van der Waals surface area contributed by atoms with Crippen LogP contribution in [-0.4, -0.2) is 41.9 Å². The van der Waals surface area contributed by atoms with Gasteiger partial charge in [-0.1, -0.05) is 11.6 Å². The topological polar surface area (TPSA) is 75.5 Å². The normalized spacial score (nSPS) is 18.6. The molecule has 1 aromatic carbocycles. The smallest absolute Gasteiger partial charge is 0.282 e. The van der Waals surface area contributed by atoms with E-state index in [4.69, 9.17) is 11.6 Å². The maximum absolute atomic E-state index is 12.3. The molecule has 2 rings (SSSR count). The number of nitro benzene ring substituents is 1. The van der Waals surface area contributed by atoms with Crippen molar-refractivity contribution in [1.82, 2.24) is 10.2 Å². The van der Waals surface area contributed by atoms with Crippen LogP contribution in [-0.2, 0) is 0 Å². The molecule has 1 amide bonds. The summed E-state index contributed by atoms with van der Waals surface area (Å²) in [5, 5.41) is 14.4. The lowest BCUT2D eigenvalue weighted by molar-refractivity contribution is -0.385. The van der Waals surface area contributed by atoms with Crippen LogP contribution in [0.1, 0.15) is 16.8 Å². The molecular weight excluding hydrogens is 270 g/mol. The Balaban J connectivity index is 2.28. The van der Waals surface area contributed by atoms with Gasteiger partial charge in [0, 0.05) is 30.2 Å². The molecule has 7 heteroatoms. The van der Waals surface area contributed by atoms with Gasteiger partial charge in [0.05, 0.1) is 4.92 Å². The van der Waals surface area contributed by atoms with Gasteiger partial charge in [-0.05, 0) is 25.6 Å². The monoisotopic (exact) mass is 283 g/mol. The number of carbonyl (C=O) groups is 1. The van der Waals surface area contributed by atoms with Gasteiger partial charge in [-0.25, -0.2) is 0 Å². The van der Waals surface area contributed by atoms with Gasteiger partial charge in [0.25, 0.3) is 11.6 Å². The summed E-state index contributed by atoms with van der Waals surface area (Å²) in [6.07, 6.45) is 0.844. The van der Waals surface area contributed by atoms with E-state index in [1.165, 1.54) is 18.2 Å². The summed E-state index contributed by atoms with van der Waals surface area (Å²) in [4.78, 5) is 24.3. The lowest BCUT2D eigenvalue weighted by Crippen LogP contribution is -2.33. The van der Waals surface area contributed by atoms with Gasteiger partial charge in [-0.2, -0.15) is 0 Å². The van der Waals surface area contributed by atoms with Gasteiger partial charge in [0.2, 0.25) is 0 Å². The SMILES string of the molecule is CNC1CCN(C(=O)c2cc(Cl)ccc2[N+](=O)[O-])C1. The molecule has 0 radical (unpaired) electrons. The van der Waals surface area contributed by atoms with E-state index in [1.54, 1.807) is 4.90 Å². The Kier molecular flexibility index (Phi) is 4.01. The average Bonchev–Trinajstić information content (AvgIpc) is 2.86. The van der Waals surface area contributed by atoms with Gasteiger partial charge in [0.1, 0.15) is 5.56 Å². The van der Waals surface area contributed by atoms with Crippen LogP contribution < -0.4 is 5.32 Å². The highest BCUT2D eigenvalue weighted by molar-refractivity contribution is 6.31. The highest BCUT2D eigenvalue weighted by atomic mass is 35.5. The minimum absolute atomic E-state index is 0.0502. The number of likely N-dealkylation sites (tertiary alicyclic amines) is 1. The van der Waals surface area contributed by atoms with Crippen LogP contribution in [0, 0.1) is 10.1 Å². The van der Waals surface area contributed by atoms with E-state index in [0.29, 0.717) is 18.1 Å². The Bertz CT molecular complexity index is 521. The first-order chi connectivity index (χ1) is 9.02. The van der Waals surface area contributed by atoms with Crippen LogP contribution in [0.2, 0.25) is 5.02 Å². The van der Waals surface area contributed by atoms with E-state index >= 15 is 0 Å². The fraction of sp³-hybridized carbons (Fsp3) is 0.417. The summed E-state index contributed by atoms with van der Waals surface area (Å²) in [7, 11) is 1.83. The zero-order valence-electron chi connectivity index (χ0n) is 10.4. The molecule has 1 fully saturated rings. The van der Waals surface area contributed by atoms with Crippen LogP contribution in [0.3, 0.4) is 0 Å². The first-order valence-corrected chi connectivity index (χ1v) is 6.31. The number of likely N-dealkylation sites (N-methyl/N-ethyl adjacent to an activating group) is 1. The molecule has 1 aliphatic heterocycles. The second-order valence-corrected chi connectivity index (χ2v) is 4.88. The average molecular weight is 284 g/mol. The Morgan fingerprint density at radius 1 is 1.58 bits per heavy atom. The van der Waals surface area contributed by atoms with E-state index < -0.39 is 4.92 Å². The zero-order chi connectivity index (χ0) is 14.0. The zero-order valence-corrected chi connectivity index (χ0v) is 11.2. The third-order valence-electron chi connectivity index (χ3n) is 3.27.